The number of aromatic nitrogens is 2. The van der Waals surface area contributed by atoms with E-state index >= 15 is 0 Å². The molecule has 4 nitrogen and oxygen atoms in total. The summed E-state index contributed by atoms with van der Waals surface area (Å²) in [6, 6.07) is 3.84. The molecule has 4 heteroatoms. The Bertz CT molecular complexity index is 555. The Kier molecular flexibility index (Phi) is 2.42. The lowest BCUT2D eigenvalue weighted by Crippen LogP contribution is -2.04. The molecule has 0 aliphatic carbocycles. The zero-order valence-electron chi connectivity index (χ0n) is 9.56. The number of hydrogen-bond donors (Lipinski definition) is 1. The van der Waals surface area contributed by atoms with Gasteiger partial charge in [-0.15, -0.1) is 0 Å². The first-order valence-electron chi connectivity index (χ1n) is 5.23. The Morgan fingerprint density at radius 2 is 2.19 bits per heavy atom. The van der Waals surface area contributed by atoms with Crippen molar-refractivity contribution in [1.29, 1.82) is 0 Å². The molecule has 0 aliphatic heterocycles. The molecule has 2 aromatic rings. The van der Waals surface area contributed by atoms with Gasteiger partial charge in [0, 0.05) is 6.20 Å². The van der Waals surface area contributed by atoms with Gasteiger partial charge in [-0.3, -0.25) is 4.40 Å². The van der Waals surface area contributed by atoms with Crippen molar-refractivity contribution in [2.75, 3.05) is 0 Å². The number of aryl methyl sites for hydroxylation is 1. The molecule has 0 aromatic carbocycles. The predicted molar refractivity (Wildman–Crippen MR) is 61.0 cm³/mol. The lowest BCUT2D eigenvalue weighted by atomic mass is 10.1. The number of fused-ring (bicyclic) bond motifs is 1. The van der Waals surface area contributed by atoms with Crippen LogP contribution in [-0.4, -0.2) is 20.5 Å². The number of carboxylic acids is 1. The first-order chi connectivity index (χ1) is 7.52. The quantitative estimate of drug-likeness (QED) is 0.842. The molecule has 0 radical (unpaired) electrons. The minimum absolute atomic E-state index is 0.248. The Balaban J connectivity index is 2.83. The summed E-state index contributed by atoms with van der Waals surface area (Å²) in [5.74, 6) is -0.613. The molecule has 0 atom stereocenters. The fourth-order valence-electron chi connectivity index (χ4n) is 1.91. The number of hydrogen-bond acceptors (Lipinski definition) is 2. The molecule has 0 amide bonds. The number of carbonyl (C=O) groups is 1. The van der Waals surface area contributed by atoms with Gasteiger partial charge < -0.3 is 5.11 Å². The summed E-state index contributed by atoms with van der Waals surface area (Å²) in [6.07, 6.45) is 1.74. The van der Waals surface area contributed by atoms with Crippen LogP contribution in [-0.2, 0) is 0 Å². The fourth-order valence-corrected chi connectivity index (χ4v) is 1.91. The van der Waals surface area contributed by atoms with Crippen LogP contribution in [0, 0.1) is 6.92 Å². The van der Waals surface area contributed by atoms with Crippen LogP contribution in [0.2, 0.25) is 0 Å². The molecule has 0 fully saturated rings. The summed E-state index contributed by atoms with van der Waals surface area (Å²) < 4.78 is 1.65. The normalized spacial score (nSPS) is 11.2. The number of nitrogens with zero attached hydrogens (tertiary/aromatic N) is 2. The van der Waals surface area contributed by atoms with Crippen molar-refractivity contribution in [3.8, 4) is 0 Å². The molecule has 84 valence electrons. The van der Waals surface area contributed by atoms with Crippen molar-refractivity contribution in [2.45, 2.75) is 26.7 Å². The molecule has 2 rings (SSSR count). The number of rotatable bonds is 2. The number of carboxylic acid groups (broad SMARTS) is 1. The van der Waals surface area contributed by atoms with Crippen molar-refractivity contribution in [3.63, 3.8) is 0 Å². The zero-order chi connectivity index (χ0) is 11.9. The van der Waals surface area contributed by atoms with Gasteiger partial charge >= 0.3 is 5.97 Å². The Hall–Kier alpha value is -1.84. The number of aromatic carboxylic acids is 1. The van der Waals surface area contributed by atoms with Crippen LogP contribution in [0.3, 0.4) is 0 Å². The van der Waals surface area contributed by atoms with E-state index in [4.69, 9.17) is 5.11 Å². The van der Waals surface area contributed by atoms with E-state index in [0.717, 1.165) is 11.2 Å². The summed E-state index contributed by atoms with van der Waals surface area (Å²) in [4.78, 5) is 15.5. The van der Waals surface area contributed by atoms with Crippen LogP contribution in [0.1, 0.15) is 41.5 Å². The monoisotopic (exact) mass is 218 g/mol. The maximum atomic E-state index is 11.1. The van der Waals surface area contributed by atoms with Crippen LogP contribution in [0.4, 0.5) is 0 Å². The molecule has 16 heavy (non-hydrogen) atoms. The highest BCUT2D eigenvalue weighted by atomic mass is 16.4. The Morgan fingerprint density at radius 3 is 2.75 bits per heavy atom. The summed E-state index contributed by atoms with van der Waals surface area (Å²) in [7, 11) is 0. The SMILES string of the molecule is Cc1nc2c(C(C)C)cccn2c1C(=O)O. The standard InChI is InChI=1S/C12H14N2O2/c1-7(2)9-5-4-6-14-10(12(15)16)8(3)13-11(9)14/h4-7H,1-3H3,(H,15,16). The van der Waals surface area contributed by atoms with E-state index in [1.54, 1.807) is 17.5 Å². The van der Waals surface area contributed by atoms with Crippen molar-refractivity contribution < 1.29 is 9.90 Å². The molecular formula is C12H14N2O2. The molecule has 0 aliphatic rings. The average molecular weight is 218 g/mol. The first kappa shape index (κ1) is 10.7. The fraction of sp³-hybridized carbons (Fsp3) is 0.333. The molecule has 2 aromatic heterocycles. The van der Waals surface area contributed by atoms with E-state index in [1.165, 1.54) is 0 Å². The summed E-state index contributed by atoms with van der Waals surface area (Å²) in [5, 5.41) is 9.12. The second kappa shape index (κ2) is 3.63. The van der Waals surface area contributed by atoms with Gasteiger partial charge in [0.05, 0.1) is 5.69 Å². The smallest absolute Gasteiger partial charge is 0.354 e. The van der Waals surface area contributed by atoms with E-state index < -0.39 is 5.97 Å². The molecule has 1 N–H and O–H groups in total. The van der Waals surface area contributed by atoms with Crippen LogP contribution < -0.4 is 0 Å². The maximum absolute atomic E-state index is 11.1. The van der Waals surface area contributed by atoms with Gasteiger partial charge in [0.25, 0.3) is 0 Å². The van der Waals surface area contributed by atoms with Gasteiger partial charge in [0.15, 0.2) is 5.69 Å². The minimum Gasteiger partial charge on any atom is -0.477 e. The van der Waals surface area contributed by atoms with Crippen molar-refractivity contribution in [2.24, 2.45) is 0 Å². The lowest BCUT2D eigenvalue weighted by Gasteiger charge is -2.06. The van der Waals surface area contributed by atoms with Crippen molar-refractivity contribution in [1.82, 2.24) is 9.38 Å². The third kappa shape index (κ3) is 1.46. The molecule has 0 spiro atoms. The summed E-state index contributed by atoms with van der Waals surface area (Å²) in [5.41, 5.74) is 2.61. The molecule has 0 saturated heterocycles. The second-order valence-corrected chi connectivity index (χ2v) is 4.16. The van der Waals surface area contributed by atoms with Gasteiger partial charge in [0.1, 0.15) is 5.65 Å². The number of pyridine rings is 1. The maximum Gasteiger partial charge on any atom is 0.354 e. The van der Waals surface area contributed by atoms with E-state index in [9.17, 15) is 4.79 Å². The highest BCUT2D eigenvalue weighted by Crippen LogP contribution is 2.22. The highest BCUT2D eigenvalue weighted by molar-refractivity contribution is 5.88. The largest absolute Gasteiger partial charge is 0.477 e. The van der Waals surface area contributed by atoms with Gasteiger partial charge in [-0.25, -0.2) is 9.78 Å². The zero-order valence-corrected chi connectivity index (χ0v) is 9.56. The Morgan fingerprint density at radius 1 is 1.50 bits per heavy atom. The van der Waals surface area contributed by atoms with Crippen LogP contribution in [0.25, 0.3) is 5.65 Å². The molecule has 0 bridgehead atoms. The topological polar surface area (TPSA) is 54.6 Å². The first-order valence-corrected chi connectivity index (χ1v) is 5.23. The van der Waals surface area contributed by atoms with Crippen molar-refractivity contribution in [3.05, 3.63) is 35.3 Å². The summed E-state index contributed by atoms with van der Waals surface area (Å²) in [6.45, 7) is 5.86. The van der Waals surface area contributed by atoms with Crippen LogP contribution in [0.15, 0.2) is 18.3 Å². The van der Waals surface area contributed by atoms with Gasteiger partial charge in [0.2, 0.25) is 0 Å². The molecular weight excluding hydrogens is 204 g/mol. The lowest BCUT2D eigenvalue weighted by molar-refractivity contribution is 0.0688. The van der Waals surface area contributed by atoms with E-state index in [0.29, 0.717) is 11.6 Å². The average Bonchev–Trinajstić information content (AvgIpc) is 2.52. The minimum atomic E-state index is -0.939. The van der Waals surface area contributed by atoms with E-state index in [2.05, 4.69) is 18.8 Å². The highest BCUT2D eigenvalue weighted by Gasteiger charge is 2.17. The van der Waals surface area contributed by atoms with Crippen molar-refractivity contribution >= 4 is 11.6 Å². The predicted octanol–water partition coefficient (Wildman–Crippen LogP) is 2.46. The van der Waals surface area contributed by atoms with Crippen LogP contribution >= 0.6 is 0 Å². The molecule has 0 saturated carbocycles. The number of imidazole rings is 1. The molecule has 2 heterocycles. The Labute approximate surface area is 93.5 Å². The van der Waals surface area contributed by atoms with Gasteiger partial charge in [-0.2, -0.15) is 0 Å². The van der Waals surface area contributed by atoms with Gasteiger partial charge in [-0.05, 0) is 24.5 Å². The molecule has 0 unspecified atom stereocenters. The third-order valence-corrected chi connectivity index (χ3v) is 2.68. The summed E-state index contributed by atoms with van der Waals surface area (Å²) >= 11 is 0. The van der Waals surface area contributed by atoms with Gasteiger partial charge in [-0.1, -0.05) is 19.9 Å². The van der Waals surface area contributed by atoms with E-state index in [-0.39, 0.29) is 5.69 Å². The van der Waals surface area contributed by atoms with Crippen LogP contribution in [0.5, 0.6) is 0 Å². The van der Waals surface area contributed by atoms with E-state index in [1.807, 2.05) is 12.1 Å². The third-order valence-electron chi connectivity index (χ3n) is 2.68. The second-order valence-electron chi connectivity index (χ2n) is 4.16.